The zero-order valence-corrected chi connectivity index (χ0v) is 23.8. The van der Waals surface area contributed by atoms with Crippen molar-refractivity contribution in [2.24, 2.45) is 39.4 Å². The first-order valence-corrected chi connectivity index (χ1v) is 13.9. The van der Waals surface area contributed by atoms with E-state index in [1.807, 2.05) is 27.7 Å². The molecule has 0 unspecified atom stereocenters. The van der Waals surface area contributed by atoms with E-state index in [1.165, 1.54) is 6.92 Å². The lowest BCUT2D eigenvalue weighted by Gasteiger charge is -2.65. The van der Waals surface area contributed by atoms with Crippen LogP contribution in [0, 0.1) is 39.4 Å². The summed E-state index contributed by atoms with van der Waals surface area (Å²) in [5.41, 5.74) is -4.55. The second-order valence-corrected chi connectivity index (χ2v) is 14.9. The summed E-state index contributed by atoms with van der Waals surface area (Å²) in [7, 11) is 0. The van der Waals surface area contributed by atoms with Gasteiger partial charge >= 0.3 is 0 Å². The van der Waals surface area contributed by atoms with Crippen molar-refractivity contribution in [3.63, 3.8) is 0 Å². The van der Waals surface area contributed by atoms with E-state index in [9.17, 15) is 35.1 Å². The molecule has 7 nitrogen and oxygen atoms in total. The molecule has 0 heterocycles. The first kappa shape index (κ1) is 28.9. The van der Waals surface area contributed by atoms with E-state index in [2.05, 4.69) is 6.92 Å². The Labute approximate surface area is 221 Å². The van der Waals surface area contributed by atoms with Crippen molar-refractivity contribution in [3.8, 4) is 0 Å². The van der Waals surface area contributed by atoms with Crippen LogP contribution in [0.4, 0.5) is 0 Å². The molecule has 5 N–H and O–H groups in total. The Morgan fingerprint density at radius 3 is 2.14 bits per heavy atom. The highest BCUT2D eigenvalue weighted by atomic mass is 16.3. The first-order valence-electron chi connectivity index (χ1n) is 13.9. The van der Waals surface area contributed by atoms with Crippen LogP contribution in [0.2, 0.25) is 0 Å². The Hall–Kier alpha value is -1.12. The molecule has 210 valence electrons. The quantitative estimate of drug-likeness (QED) is 0.376. The molecular weight excluding hydrogens is 472 g/mol. The molecule has 0 amide bonds. The zero-order chi connectivity index (χ0) is 28.1. The van der Waals surface area contributed by atoms with Crippen LogP contribution in [-0.2, 0) is 9.59 Å². The summed E-state index contributed by atoms with van der Waals surface area (Å²) < 4.78 is 0. The number of hydrogen-bond donors (Lipinski definition) is 5. The summed E-state index contributed by atoms with van der Waals surface area (Å²) in [5, 5.41) is 54.8. The highest BCUT2D eigenvalue weighted by Crippen LogP contribution is 2.74. The van der Waals surface area contributed by atoms with Crippen molar-refractivity contribution in [2.45, 2.75) is 123 Å². The number of aliphatic hydroxyl groups excluding tert-OH is 3. The second-order valence-electron chi connectivity index (χ2n) is 14.9. The van der Waals surface area contributed by atoms with E-state index in [0.717, 1.165) is 5.57 Å². The van der Waals surface area contributed by atoms with Crippen LogP contribution in [0.1, 0.15) is 93.9 Å². The molecule has 7 heteroatoms. The smallest absolute Gasteiger partial charge is 0.164 e. The fourth-order valence-corrected chi connectivity index (χ4v) is 9.46. The van der Waals surface area contributed by atoms with Gasteiger partial charge < -0.3 is 25.5 Å². The molecule has 3 saturated carbocycles. The van der Waals surface area contributed by atoms with E-state index >= 15 is 0 Å². The summed E-state index contributed by atoms with van der Waals surface area (Å²) in [5.74, 6) is -1.72. The van der Waals surface area contributed by atoms with Crippen molar-refractivity contribution in [2.75, 3.05) is 0 Å². The normalized spacial score (nSPS) is 46.8. The standard InChI is InChI=1S/C30H48O7/c1-25(2,36)10-9-21(34)30(8,37)23-20(33)15-29(7)22-18(31)13-16-17(14-19(32)24(35)26(16,3)4)27(22,5)11-12-28(23,29)6/h13,17,19-20,22-24,32-33,35-37H,9-12,14-15H2,1-8H3/t17-,19+,20-,22-,23+,24+,27+,28-,29+,30+/m1/s1. The predicted octanol–water partition coefficient (Wildman–Crippen LogP) is 2.94. The van der Waals surface area contributed by atoms with E-state index in [1.54, 1.807) is 19.9 Å². The summed E-state index contributed by atoms with van der Waals surface area (Å²) in [6, 6.07) is 0. The van der Waals surface area contributed by atoms with Gasteiger partial charge in [-0.2, -0.15) is 0 Å². The predicted molar refractivity (Wildman–Crippen MR) is 139 cm³/mol. The minimum absolute atomic E-state index is 0.00391. The number of ketones is 2. The molecule has 0 spiro atoms. The van der Waals surface area contributed by atoms with Crippen LogP contribution in [0.15, 0.2) is 11.6 Å². The molecule has 4 aliphatic carbocycles. The molecule has 0 aromatic rings. The molecule has 3 fully saturated rings. The van der Waals surface area contributed by atoms with E-state index < -0.39 is 68.8 Å². The minimum atomic E-state index is -1.81. The lowest BCUT2D eigenvalue weighted by molar-refractivity contribution is -0.185. The maximum Gasteiger partial charge on any atom is 0.164 e. The maximum atomic E-state index is 14.0. The highest BCUT2D eigenvalue weighted by molar-refractivity contribution is 5.95. The topological polar surface area (TPSA) is 135 Å². The third-order valence-corrected chi connectivity index (χ3v) is 11.7. The lowest BCUT2D eigenvalue weighted by atomic mass is 9.38. The summed E-state index contributed by atoms with van der Waals surface area (Å²) in [6.07, 6.45) is 1.02. The number of carbonyl (C=O) groups is 2. The molecule has 10 atom stereocenters. The van der Waals surface area contributed by atoms with Crippen molar-refractivity contribution in [1.29, 1.82) is 0 Å². The van der Waals surface area contributed by atoms with Crippen molar-refractivity contribution < 1.29 is 35.1 Å². The molecule has 4 rings (SSSR count). The number of rotatable bonds is 5. The van der Waals surface area contributed by atoms with Crippen molar-refractivity contribution in [1.82, 2.24) is 0 Å². The van der Waals surface area contributed by atoms with Gasteiger partial charge in [0.25, 0.3) is 0 Å². The number of allylic oxidation sites excluding steroid dienone is 1. The summed E-state index contributed by atoms with van der Waals surface area (Å²) >= 11 is 0. The molecule has 37 heavy (non-hydrogen) atoms. The van der Waals surface area contributed by atoms with E-state index in [0.29, 0.717) is 25.7 Å². The Balaban J connectivity index is 1.76. The average Bonchev–Trinajstić information content (AvgIpc) is 2.96. The van der Waals surface area contributed by atoms with Gasteiger partial charge in [-0.05, 0) is 81.1 Å². The maximum absolute atomic E-state index is 14.0. The van der Waals surface area contributed by atoms with Gasteiger partial charge in [-0.15, -0.1) is 0 Å². The average molecular weight is 521 g/mol. The summed E-state index contributed by atoms with van der Waals surface area (Å²) in [4.78, 5) is 27.3. The SMILES string of the molecule is CC(C)(O)CCC(=O)[C@](C)(O)[C@H]1[C@H](O)C[C@@]2(C)[C@@H]3C(=O)C=C4[C@@H](C[C@H](O)[C@H](O)C4(C)C)[C@]3(C)CC[C@]12C. The Kier molecular flexibility index (Phi) is 6.59. The van der Waals surface area contributed by atoms with Gasteiger partial charge in [-0.3, -0.25) is 9.59 Å². The molecule has 0 aromatic carbocycles. The Bertz CT molecular complexity index is 1010. The van der Waals surface area contributed by atoms with Crippen LogP contribution >= 0.6 is 0 Å². The highest BCUT2D eigenvalue weighted by Gasteiger charge is 2.74. The zero-order valence-electron chi connectivity index (χ0n) is 23.8. The van der Waals surface area contributed by atoms with Crippen LogP contribution in [-0.4, -0.2) is 66.6 Å². The largest absolute Gasteiger partial charge is 0.393 e. The third kappa shape index (κ3) is 3.94. The molecule has 4 aliphatic rings. The first-order chi connectivity index (χ1) is 16.6. The number of aliphatic hydroxyl groups is 5. The number of hydrogen-bond acceptors (Lipinski definition) is 7. The van der Waals surface area contributed by atoms with Crippen LogP contribution < -0.4 is 0 Å². The van der Waals surface area contributed by atoms with Crippen LogP contribution in [0.25, 0.3) is 0 Å². The van der Waals surface area contributed by atoms with Gasteiger partial charge in [0.05, 0.1) is 23.9 Å². The van der Waals surface area contributed by atoms with Gasteiger partial charge in [0.15, 0.2) is 11.6 Å². The molecule has 0 saturated heterocycles. The molecule has 0 radical (unpaired) electrons. The lowest BCUT2D eigenvalue weighted by Crippen LogP contribution is -2.64. The fourth-order valence-electron chi connectivity index (χ4n) is 9.46. The third-order valence-electron chi connectivity index (χ3n) is 11.7. The van der Waals surface area contributed by atoms with Gasteiger partial charge in [0.1, 0.15) is 5.60 Å². The number of Topliss-reactive ketones (excluding diaryl/α,β-unsaturated/α-hetero) is 1. The second kappa shape index (κ2) is 8.44. The van der Waals surface area contributed by atoms with Gasteiger partial charge in [0, 0.05) is 23.7 Å². The van der Waals surface area contributed by atoms with Crippen molar-refractivity contribution >= 4 is 11.6 Å². The molecule has 0 aliphatic heterocycles. The Morgan fingerprint density at radius 2 is 1.57 bits per heavy atom. The van der Waals surface area contributed by atoms with Crippen molar-refractivity contribution in [3.05, 3.63) is 11.6 Å². The molecular formula is C30H48O7. The minimum Gasteiger partial charge on any atom is -0.393 e. The van der Waals surface area contributed by atoms with Gasteiger partial charge in [-0.25, -0.2) is 0 Å². The number of carbonyl (C=O) groups excluding carboxylic acids is 2. The molecule has 0 aromatic heterocycles. The van der Waals surface area contributed by atoms with Gasteiger partial charge in [-0.1, -0.05) is 40.2 Å². The summed E-state index contributed by atoms with van der Waals surface area (Å²) in [6.45, 7) is 14.7. The van der Waals surface area contributed by atoms with E-state index in [-0.39, 0.29) is 24.5 Å². The van der Waals surface area contributed by atoms with Crippen LogP contribution in [0.3, 0.4) is 0 Å². The van der Waals surface area contributed by atoms with E-state index in [4.69, 9.17) is 0 Å². The van der Waals surface area contributed by atoms with Gasteiger partial charge in [0.2, 0.25) is 0 Å². The Morgan fingerprint density at radius 1 is 0.973 bits per heavy atom. The molecule has 0 bridgehead atoms. The number of fused-ring (bicyclic) bond motifs is 5. The van der Waals surface area contributed by atoms with Crippen LogP contribution in [0.5, 0.6) is 0 Å². The fraction of sp³-hybridized carbons (Fsp3) is 0.867. The monoisotopic (exact) mass is 520 g/mol.